The second-order valence-corrected chi connectivity index (χ2v) is 8.88. The van der Waals surface area contributed by atoms with Crippen molar-refractivity contribution in [2.24, 2.45) is 5.92 Å². The zero-order valence-electron chi connectivity index (χ0n) is 15.7. The van der Waals surface area contributed by atoms with Gasteiger partial charge in [-0.1, -0.05) is 5.57 Å². The smallest absolute Gasteiger partial charge is 0.190 e. The Bertz CT molecular complexity index is 669. The van der Waals surface area contributed by atoms with Gasteiger partial charge in [0, 0.05) is 18.8 Å². The molecule has 5 aliphatic rings. The summed E-state index contributed by atoms with van der Waals surface area (Å²) in [4.78, 5) is 11.9. The standard InChI is InChI=1S/C19H26O7/c1-17(2)21-9-13(24-17)14-19(15-16(23-14)26-18(3,4)25-15)7-10-5-12(20)6-11(10)8-22-19/h5,11,13-16H,6-9H2,1-4H3/t11-,13-,14-,15+,16-,19-/m1/s1. The van der Waals surface area contributed by atoms with E-state index in [4.69, 9.17) is 28.4 Å². The van der Waals surface area contributed by atoms with Gasteiger partial charge in [-0.15, -0.1) is 0 Å². The first-order valence-electron chi connectivity index (χ1n) is 9.38. The van der Waals surface area contributed by atoms with Crippen LogP contribution in [-0.4, -0.2) is 60.8 Å². The summed E-state index contributed by atoms with van der Waals surface area (Å²) in [7, 11) is 0. The van der Waals surface area contributed by atoms with Gasteiger partial charge in [-0.2, -0.15) is 0 Å². The Balaban J connectivity index is 1.50. The van der Waals surface area contributed by atoms with Crippen LogP contribution in [0.1, 0.15) is 40.5 Å². The van der Waals surface area contributed by atoms with E-state index in [0.29, 0.717) is 26.1 Å². The van der Waals surface area contributed by atoms with Crippen molar-refractivity contribution in [3.63, 3.8) is 0 Å². The largest absolute Gasteiger partial charge is 0.368 e. The predicted molar refractivity (Wildman–Crippen MR) is 88.1 cm³/mol. The quantitative estimate of drug-likeness (QED) is 0.699. The monoisotopic (exact) mass is 366 g/mol. The Morgan fingerprint density at radius 1 is 0.962 bits per heavy atom. The number of carbonyl (C=O) groups is 1. The topological polar surface area (TPSA) is 72.5 Å². The molecule has 0 amide bonds. The molecule has 0 bridgehead atoms. The Hall–Kier alpha value is -0.830. The molecule has 1 aliphatic carbocycles. The third-order valence-corrected chi connectivity index (χ3v) is 6.02. The van der Waals surface area contributed by atoms with E-state index in [2.05, 4.69) is 0 Å². The van der Waals surface area contributed by atoms with Gasteiger partial charge in [0.2, 0.25) is 0 Å². The lowest BCUT2D eigenvalue weighted by Gasteiger charge is -2.44. The maximum Gasteiger partial charge on any atom is 0.190 e. The van der Waals surface area contributed by atoms with Crippen molar-refractivity contribution in [3.8, 4) is 0 Å². The maximum absolute atomic E-state index is 11.9. The fourth-order valence-electron chi connectivity index (χ4n) is 4.96. The van der Waals surface area contributed by atoms with E-state index in [9.17, 15) is 4.79 Å². The maximum atomic E-state index is 11.9. The SMILES string of the molecule is CC1(C)OC[C@H]([C@H]2O[C@@H]3OC(C)(C)O[C@@H]3[C@@]23CC2=CC(=O)C[C@@H]2CO3)O1. The summed E-state index contributed by atoms with van der Waals surface area (Å²) in [6.07, 6.45) is 1.35. The van der Waals surface area contributed by atoms with Crippen LogP contribution in [0.4, 0.5) is 0 Å². The molecule has 5 rings (SSSR count). The predicted octanol–water partition coefficient (Wildman–Crippen LogP) is 1.69. The van der Waals surface area contributed by atoms with Crippen molar-refractivity contribution >= 4 is 5.78 Å². The van der Waals surface area contributed by atoms with Crippen LogP contribution in [0.5, 0.6) is 0 Å². The van der Waals surface area contributed by atoms with Gasteiger partial charge in [0.1, 0.15) is 23.9 Å². The van der Waals surface area contributed by atoms with E-state index < -0.39 is 23.5 Å². The van der Waals surface area contributed by atoms with Gasteiger partial charge in [0.15, 0.2) is 23.6 Å². The van der Waals surface area contributed by atoms with E-state index >= 15 is 0 Å². The Morgan fingerprint density at radius 2 is 1.77 bits per heavy atom. The third-order valence-electron chi connectivity index (χ3n) is 6.02. The summed E-state index contributed by atoms with van der Waals surface area (Å²) < 4.78 is 36.7. The average Bonchev–Trinajstić information content (AvgIpc) is 3.22. The summed E-state index contributed by atoms with van der Waals surface area (Å²) in [6, 6.07) is 0. The van der Waals surface area contributed by atoms with Gasteiger partial charge in [-0.05, 0) is 33.8 Å². The highest BCUT2D eigenvalue weighted by molar-refractivity contribution is 5.93. The lowest BCUT2D eigenvalue weighted by molar-refractivity contribution is -0.260. The highest BCUT2D eigenvalue weighted by atomic mass is 16.9. The lowest BCUT2D eigenvalue weighted by Crippen LogP contribution is -2.58. The molecule has 4 aliphatic heterocycles. The number of hydrogen-bond acceptors (Lipinski definition) is 7. The number of fused-ring (bicyclic) bond motifs is 3. The fraction of sp³-hybridized carbons (Fsp3) is 0.842. The number of rotatable bonds is 1. The van der Waals surface area contributed by atoms with Crippen molar-refractivity contribution in [1.82, 2.24) is 0 Å². The lowest BCUT2D eigenvalue weighted by atomic mass is 9.78. The van der Waals surface area contributed by atoms with Gasteiger partial charge in [-0.25, -0.2) is 0 Å². The van der Waals surface area contributed by atoms with Crippen LogP contribution in [0.2, 0.25) is 0 Å². The first-order chi connectivity index (χ1) is 12.2. The van der Waals surface area contributed by atoms with Gasteiger partial charge >= 0.3 is 0 Å². The summed E-state index contributed by atoms with van der Waals surface area (Å²) in [5.74, 6) is -1.06. The molecule has 0 N–H and O–H groups in total. The molecule has 26 heavy (non-hydrogen) atoms. The van der Waals surface area contributed by atoms with Crippen LogP contribution >= 0.6 is 0 Å². The van der Waals surface area contributed by atoms with Crippen LogP contribution in [0.25, 0.3) is 0 Å². The first-order valence-corrected chi connectivity index (χ1v) is 9.38. The normalized spacial score (nSPS) is 48.7. The minimum absolute atomic E-state index is 0.167. The summed E-state index contributed by atoms with van der Waals surface area (Å²) in [6.45, 7) is 8.44. The number of ketones is 1. The van der Waals surface area contributed by atoms with Crippen molar-refractivity contribution in [2.45, 2.75) is 82.3 Å². The van der Waals surface area contributed by atoms with E-state index in [1.165, 1.54) is 0 Å². The van der Waals surface area contributed by atoms with Gasteiger partial charge in [0.05, 0.1) is 13.2 Å². The number of hydrogen-bond donors (Lipinski definition) is 0. The van der Waals surface area contributed by atoms with Crippen molar-refractivity contribution in [2.75, 3.05) is 13.2 Å². The molecule has 144 valence electrons. The minimum Gasteiger partial charge on any atom is -0.368 e. The van der Waals surface area contributed by atoms with Gasteiger partial charge < -0.3 is 28.4 Å². The highest BCUT2D eigenvalue weighted by Crippen LogP contribution is 2.53. The van der Waals surface area contributed by atoms with Crippen LogP contribution in [0, 0.1) is 5.92 Å². The van der Waals surface area contributed by atoms with Crippen LogP contribution < -0.4 is 0 Å². The summed E-state index contributed by atoms with van der Waals surface area (Å²) in [5.41, 5.74) is 0.391. The second kappa shape index (κ2) is 5.37. The molecule has 0 unspecified atom stereocenters. The zero-order chi connectivity index (χ0) is 18.3. The van der Waals surface area contributed by atoms with E-state index in [1.54, 1.807) is 6.08 Å². The van der Waals surface area contributed by atoms with Gasteiger partial charge in [0.25, 0.3) is 0 Å². The molecule has 7 nitrogen and oxygen atoms in total. The molecule has 4 fully saturated rings. The summed E-state index contributed by atoms with van der Waals surface area (Å²) >= 11 is 0. The third kappa shape index (κ3) is 2.52. The molecular weight excluding hydrogens is 340 g/mol. The molecule has 6 atom stereocenters. The zero-order valence-corrected chi connectivity index (χ0v) is 15.7. The Kier molecular flexibility index (Phi) is 3.57. The van der Waals surface area contributed by atoms with E-state index in [-0.39, 0.29) is 30.0 Å². The molecule has 0 aromatic heterocycles. The molecule has 4 heterocycles. The summed E-state index contributed by atoms with van der Waals surface area (Å²) in [5, 5.41) is 0. The first kappa shape index (κ1) is 17.3. The second-order valence-electron chi connectivity index (χ2n) is 8.88. The molecule has 7 heteroatoms. The molecule has 0 aromatic rings. The fourth-order valence-corrected chi connectivity index (χ4v) is 4.96. The molecule has 0 saturated carbocycles. The van der Waals surface area contributed by atoms with Crippen molar-refractivity contribution in [1.29, 1.82) is 0 Å². The number of carbonyl (C=O) groups excluding carboxylic acids is 1. The van der Waals surface area contributed by atoms with E-state index in [1.807, 2.05) is 27.7 Å². The molecule has 0 aromatic carbocycles. The van der Waals surface area contributed by atoms with Crippen LogP contribution in [0.3, 0.4) is 0 Å². The Morgan fingerprint density at radius 3 is 2.50 bits per heavy atom. The van der Waals surface area contributed by atoms with Crippen molar-refractivity contribution < 1.29 is 33.2 Å². The van der Waals surface area contributed by atoms with Crippen molar-refractivity contribution in [3.05, 3.63) is 11.6 Å². The molecule has 1 spiro atoms. The molecule has 0 radical (unpaired) electrons. The average molecular weight is 366 g/mol. The highest BCUT2D eigenvalue weighted by Gasteiger charge is 2.68. The Labute approximate surface area is 152 Å². The molecular formula is C19H26O7. The van der Waals surface area contributed by atoms with Gasteiger partial charge in [-0.3, -0.25) is 4.79 Å². The van der Waals surface area contributed by atoms with Crippen LogP contribution in [-0.2, 0) is 33.2 Å². The minimum atomic E-state index is -0.736. The number of allylic oxidation sites excluding steroid dienone is 1. The van der Waals surface area contributed by atoms with E-state index in [0.717, 1.165) is 5.57 Å². The van der Waals surface area contributed by atoms with Crippen LogP contribution in [0.15, 0.2) is 11.6 Å². The number of ether oxygens (including phenoxy) is 6. The molecule has 4 saturated heterocycles.